The molecule has 1 aliphatic heterocycles. The molecule has 1 saturated heterocycles. The number of para-hydroxylation sites is 2. The third kappa shape index (κ3) is 6.06. The number of unbranched alkanes of at least 4 members (excludes halogenated alkanes) is 1. The van der Waals surface area contributed by atoms with Crippen LogP contribution in [0.2, 0.25) is 0 Å². The Balaban J connectivity index is 1.32. The van der Waals surface area contributed by atoms with E-state index in [9.17, 15) is 4.79 Å². The Morgan fingerprint density at radius 3 is 2.47 bits per heavy atom. The molecule has 0 aromatic heterocycles. The predicted octanol–water partition coefficient (Wildman–Crippen LogP) is 6.12. The topological polar surface area (TPSA) is 44.8 Å². The van der Waals surface area contributed by atoms with Gasteiger partial charge in [-0.1, -0.05) is 43.7 Å². The van der Waals surface area contributed by atoms with E-state index >= 15 is 0 Å². The molecular formula is C28H33N3O2S. The van der Waals surface area contributed by atoms with Gasteiger partial charge in [0.05, 0.1) is 12.8 Å². The summed E-state index contributed by atoms with van der Waals surface area (Å²) in [5, 5.41) is 0. The van der Waals surface area contributed by atoms with Gasteiger partial charge in [-0.05, 0) is 72.8 Å². The standard InChI is InChI=1S/C28H33N3O2S/c1-3-4-8-22-13-15-24(16-14-22)29-34-25-10-7-9-23(21-25)28(32)31-19-17-30(18-20-31)26-11-5-6-12-27(26)33-2/h5-7,9-16,21,29H,3-4,8,17-20H2,1-2H3. The van der Waals surface area contributed by atoms with E-state index in [4.69, 9.17) is 4.74 Å². The Kier molecular flexibility index (Phi) is 8.36. The minimum absolute atomic E-state index is 0.0856. The van der Waals surface area contributed by atoms with E-state index in [1.807, 2.05) is 47.4 Å². The van der Waals surface area contributed by atoms with Crippen LogP contribution in [0.3, 0.4) is 0 Å². The zero-order valence-electron chi connectivity index (χ0n) is 20.0. The van der Waals surface area contributed by atoms with Gasteiger partial charge < -0.3 is 19.3 Å². The molecule has 178 valence electrons. The Labute approximate surface area is 207 Å². The fraction of sp³-hybridized carbons (Fsp3) is 0.321. The first-order chi connectivity index (χ1) is 16.7. The van der Waals surface area contributed by atoms with E-state index in [-0.39, 0.29) is 5.91 Å². The van der Waals surface area contributed by atoms with Crippen molar-refractivity contribution in [3.8, 4) is 5.75 Å². The monoisotopic (exact) mass is 475 g/mol. The molecule has 1 fully saturated rings. The Morgan fingerprint density at radius 2 is 1.74 bits per heavy atom. The number of nitrogens with zero attached hydrogens (tertiary/aromatic N) is 2. The number of anilines is 2. The van der Waals surface area contributed by atoms with Crippen molar-refractivity contribution in [3.05, 3.63) is 83.9 Å². The zero-order valence-corrected chi connectivity index (χ0v) is 20.8. The van der Waals surface area contributed by atoms with Gasteiger partial charge in [-0.15, -0.1) is 0 Å². The lowest BCUT2D eigenvalue weighted by Crippen LogP contribution is -2.48. The number of aryl methyl sites for hydroxylation is 1. The van der Waals surface area contributed by atoms with Crippen LogP contribution < -0.4 is 14.4 Å². The molecule has 1 N–H and O–H groups in total. The van der Waals surface area contributed by atoms with E-state index in [0.29, 0.717) is 13.1 Å². The molecule has 0 radical (unpaired) electrons. The number of methoxy groups -OCH3 is 1. The van der Waals surface area contributed by atoms with Crippen LogP contribution in [-0.4, -0.2) is 44.1 Å². The fourth-order valence-corrected chi connectivity index (χ4v) is 4.86. The maximum Gasteiger partial charge on any atom is 0.254 e. The molecule has 1 aliphatic rings. The average molecular weight is 476 g/mol. The number of nitrogens with one attached hydrogen (secondary N) is 1. The number of benzene rings is 3. The molecule has 0 aliphatic carbocycles. The van der Waals surface area contributed by atoms with Gasteiger partial charge in [-0.2, -0.15) is 0 Å². The predicted molar refractivity (Wildman–Crippen MR) is 142 cm³/mol. The maximum absolute atomic E-state index is 13.2. The Bertz CT molecular complexity index is 1080. The van der Waals surface area contributed by atoms with Gasteiger partial charge in [0.2, 0.25) is 0 Å². The first-order valence-electron chi connectivity index (χ1n) is 12.0. The normalized spacial score (nSPS) is 13.6. The minimum Gasteiger partial charge on any atom is -0.495 e. The quantitative estimate of drug-likeness (QED) is 0.378. The van der Waals surface area contributed by atoms with Crippen molar-refractivity contribution in [1.82, 2.24) is 4.90 Å². The summed E-state index contributed by atoms with van der Waals surface area (Å²) in [6.45, 7) is 5.17. The molecule has 34 heavy (non-hydrogen) atoms. The van der Waals surface area contributed by atoms with Gasteiger partial charge in [0.1, 0.15) is 5.75 Å². The van der Waals surface area contributed by atoms with Crippen LogP contribution >= 0.6 is 11.9 Å². The second kappa shape index (κ2) is 11.8. The summed E-state index contributed by atoms with van der Waals surface area (Å²) in [5.74, 6) is 0.956. The van der Waals surface area contributed by atoms with E-state index in [1.165, 1.54) is 30.4 Å². The number of piperazine rings is 1. The van der Waals surface area contributed by atoms with Crippen molar-refractivity contribution in [2.24, 2.45) is 0 Å². The molecule has 0 bridgehead atoms. The van der Waals surface area contributed by atoms with Gasteiger partial charge in [-0.3, -0.25) is 4.79 Å². The SMILES string of the molecule is CCCCc1ccc(NSc2cccc(C(=O)N3CCN(c4ccccc4OC)CC3)c2)cc1. The van der Waals surface area contributed by atoms with Crippen molar-refractivity contribution in [3.63, 3.8) is 0 Å². The Morgan fingerprint density at radius 1 is 0.971 bits per heavy atom. The first-order valence-corrected chi connectivity index (χ1v) is 12.8. The maximum atomic E-state index is 13.2. The van der Waals surface area contributed by atoms with Crippen molar-refractivity contribution >= 4 is 29.2 Å². The molecule has 0 atom stereocenters. The molecule has 0 saturated carbocycles. The molecule has 6 heteroatoms. The third-order valence-electron chi connectivity index (χ3n) is 6.13. The number of hydrogen-bond donors (Lipinski definition) is 1. The molecule has 4 rings (SSSR count). The zero-order chi connectivity index (χ0) is 23.8. The van der Waals surface area contributed by atoms with Crippen LogP contribution in [0.15, 0.2) is 77.7 Å². The highest BCUT2D eigenvalue weighted by Gasteiger charge is 2.23. The summed E-state index contributed by atoms with van der Waals surface area (Å²) in [5.41, 5.74) is 4.25. The van der Waals surface area contributed by atoms with Gasteiger partial charge in [0.15, 0.2) is 0 Å². The van der Waals surface area contributed by atoms with Crippen LogP contribution in [0.4, 0.5) is 11.4 Å². The lowest BCUT2D eigenvalue weighted by molar-refractivity contribution is 0.0746. The smallest absolute Gasteiger partial charge is 0.254 e. The lowest BCUT2D eigenvalue weighted by Gasteiger charge is -2.36. The largest absolute Gasteiger partial charge is 0.495 e. The van der Waals surface area contributed by atoms with Crippen molar-refractivity contribution in [2.75, 3.05) is 42.9 Å². The highest BCUT2D eigenvalue weighted by Crippen LogP contribution is 2.29. The molecule has 3 aromatic carbocycles. The molecule has 0 spiro atoms. The number of rotatable bonds is 9. The number of carbonyl (C=O) groups excluding carboxylic acids is 1. The molecule has 5 nitrogen and oxygen atoms in total. The number of amides is 1. The third-order valence-corrected chi connectivity index (χ3v) is 6.96. The number of carbonyl (C=O) groups is 1. The van der Waals surface area contributed by atoms with Gasteiger partial charge in [0.25, 0.3) is 5.91 Å². The first kappa shape index (κ1) is 24.0. The van der Waals surface area contributed by atoms with Crippen LogP contribution in [0.1, 0.15) is 35.7 Å². The summed E-state index contributed by atoms with van der Waals surface area (Å²) >= 11 is 1.53. The average Bonchev–Trinajstić information content (AvgIpc) is 2.91. The summed E-state index contributed by atoms with van der Waals surface area (Å²) in [7, 11) is 1.70. The molecule has 3 aromatic rings. The fourth-order valence-electron chi connectivity index (χ4n) is 4.15. The van der Waals surface area contributed by atoms with Gasteiger partial charge >= 0.3 is 0 Å². The molecule has 1 amide bonds. The molecule has 0 unspecified atom stereocenters. The van der Waals surface area contributed by atoms with Crippen molar-refractivity contribution < 1.29 is 9.53 Å². The summed E-state index contributed by atoms with van der Waals surface area (Å²) in [6, 6.07) is 24.5. The number of hydrogen-bond acceptors (Lipinski definition) is 5. The molecular weight excluding hydrogens is 442 g/mol. The highest BCUT2D eigenvalue weighted by atomic mass is 32.2. The van der Waals surface area contributed by atoms with E-state index in [0.717, 1.165) is 47.1 Å². The summed E-state index contributed by atoms with van der Waals surface area (Å²) in [4.78, 5) is 18.4. The van der Waals surface area contributed by atoms with Crippen molar-refractivity contribution in [2.45, 2.75) is 31.1 Å². The number of ether oxygens (including phenoxy) is 1. The molecule has 1 heterocycles. The van der Waals surface area contributed by atoms with Crippen molar-refractivity contribution in [1.29, 1.82) is 0 Å². The van der Waals surface area contributed by atoms with Crippen LogP contribution in [0.25, 0.3) is 0 Å². The summed E-state index contributed by atoms with van der Waals surface area (Å²) in [6.07, 6.45) is 3.56. The van der Waals surface area contributed by atoms with Gasteiger partial charge in [-0.25, -0.2) is 0 Å². The van der Waals surface area contributed by atoms with Gasteiger partial charge in [0, 0.05) is 42.3 Å². The summed E-state index contributed by atoms with van der Waals surface area (Å²) < 4.78 is 8.90. The van der Waals surface area contributed by atoms with E-state index < -0.39 is 0 Å². The second-order valence-corrected chi connectivity index (χ2v) is 9.36. The van der Waals surface area contributed by atoms with Crippen LogP contribution in [-0.2, 0) is 6.42 Å². The Hall–Kier alpha value is -3.12. The van der Waals surface area contributed by atoms with E-state index in [2.05, 4.69) is 46.9 Å². The second-order valence-electron chi connectivity index (χ2n) is 8.48. The lowest BCUT2D eigenvalue weighted by atomic mass is 10.1. The van der Waals surface area contributed by atoms with Crippen LogP contribution in [0, 0.1) is 0 Å². The van der Waals surface area contributed by atoms with Crippen LogP contribution in [0.5, 0.6) is 5.75 Å². The highest BCUT2D eigenvalue weighted by molar-refractivity contribution is 8.00. The minimum atomic E-state index is 0.0856. The van der Waals surface area contributed by atoms with E-state index in [1.54, 1.807) is 7.11 Å².